The molecule has 118 valence electrons. The molecule has 1 aliphatic rings. The van der Waals surface area contributed by atoms with Crippen molar-refractivity contribution in [1.29, 1.82) is 0 Å². The standard InChI is InChI=1S/C23H20O/c24-23-21(18-11-5-2-6-12-18)16-19-13-7-8-14-20(19)22(23)15-17-9-3-1-4-10-17/h1-14,21-22H,15-16H2. The first-order chi connectivity index (χ1) is 11.8. The molecule has 0 bridgehead atoms. The van der Waals surface area contributed by atoms with Gasteiger partial charge in [0.2, 0.25) is 0 Å². The minimum Gasteiger partial charge on any atom is -0.298 e. The van der Waals surface area contributed by atoms with Crippen LogP contribution in [0.25, 0.3) is 0 Å². The maximum Gasteiger partial charge on any atom is 0.148 e. The van der Waals surface area contributed by atoms with Gasteiger partial charge in [-0.05, 0) is 35.1 Å². The molecule has 1 heteroatoms. The smallest absolute Gasteiger partial charge is 0.148 e. The third-order valence-corrected chi connectivity index (χ3v) is 5.03. The zero-order valence-corrected chi connectivity index (χ0v) is 13.6. The van der Waals surface area contributed by atoms with Crippen LogP contribution in [0.2, 0.25) is 0 Å². The molecular weight excluding hydrogens is 292 g/mol. The molecule has 1 aliphatic carbocycles. The number of rotatable bonds is 3. The predicted molar refractivity (Wildman–Crippen MR) is 97.2 cm³/mol. The van der Waals surface area contributed by atoms with Gasteiger partial charge in [0.25, 0.3) is 0 Å². The van der Waals surface area contributed by atoms with Crippen LogP contribution in [-0.2, 0) is 17.6 Å². The Morgan fingerprint density at radius 1 is 0.750 bits per heavy atom. The second kappa shape index (κ2) is 6.45. The van der Waals surface area contributed by atoms with E-state index in [0.29, 0.717) is 5.78 Å². The molecule has 3 aromatic rings. The molecule has 0 aliphatic heterocycles. The molecule has 0 fully saturated rings. The van der Waals surface area contributed by atoms with Crippen LogP contribution in [0.1, 0.15) is 34.1 Å². The number of hydrogen-bond donors (Lipinski definition) is 0. The highest BCUT2D eigenvalue weighted by Crippen LogP contribution is 2.38. The van der Waals surface area contributed by atoms with E-state index >= 15 is 0 Å². The van der Waals surface area contributed by atoms with Crippen molar-refractivity contribution in [2.24, 2.45) is 0 Å². The summed E-state index contributed by atoms with van der Waals surface area (Å²) in [5.41, 5.74) is 4.87. The van der Waals surface area contributed by atoms with Crippen molar-refractivity contribution >= 4 is 5.78 Å². The predicted octanol–water partition coefficient (Wildman–Crippen LogP) is 4.92. The molecule has 4 rings (SSSR count). The summed E-state index contributed by atoms with van der Waals surface area (Å²) in [4.78, 5) is 13.3. The van der Waals surface area contributed by atoms with E-state index in [1.165, 1.54) is 16.7 Å². The molecule has 0 aromatic heterocycles. The number of ketones is 1. The van der Waals surface area contributed by atoms with Crippen molar-refractivity contribution in [3.05, 3.63) is 107 Å². The fourth-order valence-electron chi connectivity index (χ4n) is 3.80. The van der Waals surface area contributed by atoms with Gasteiger partial charge in [-0.25, -0.2) is 0 Å². The van der Waals surface area contributed by atoms with Gasteiger partial charge in [0, 0.05) is 11.8 Å². The van der Waals surface area contributed by atoms with Gasteiger partial charge in [0.15, 0.2) is 0 Å². The zero-order valence-electron chi connectivity index (χ0n) is 13.6. The lowest BCUT2D eigenvalue weighted by Crippen LogP contribution is -2.29. The molecule has 24 heavy (non-hydrogen) atoms. The van der Waals surface area contributed by atoms with Crippen LogP contribution in [0.3, 0.4) is 0 Å². The molecule has 0 radical (unpaired) electrons. The first kappa shape index (κ1) is 14.9. The Morgan fingerprint density at radius 2 is 1.38 bits per heavy atom. The van der Waals surface area contributed by atoms with Gasteiger partial charge in [-0.1, -0.05) is 84.9 Å². The van der Waals surface area contributed by atoms with Gasteiger partial charge < -0.3 is 0 Å². The van der Waals surface area contributed by atoms with Gasteiger partial charge >= 0.3 is 0 Å². The van der Waals surface area contributed by atoms with Crippen molar-refractivity contribution < 1.29 is 4.79 Å². The van der Waals surface area contributed by atoms with E-state index in [9.17, 15) is 4.79 Å². The first-order valence-corrected chi connectivity index (χ1v) is 8.53. The lowest BCUT2D eigenvalue weighted by Gasteiger charge is -2.31. The molecule has 2 unspecified atom stereocenters. The van der Waals surface area contributed by atoms with Crippen molar-refractivity contribution in [3.63, 3.8) is 0 Å². The second-order valence-electron chi connectivity index (χ2n) is 6.51. The Hall–Kier alpha value is -2.67. The number of benzene rings is 3. The van der Waals surface area contributed by atoms with Crippen molar-refractivity contribution in [3.8, 4) is 0 Å². The Balaban J connectivity index is 1.74. The van der Waals surface area contributed by atoms with Crippen LogP contribution >= 0.6 is 0 Å². The van der Waals surface area contributed by atoms with E-state index in [4.69, 9.17) is 0 Å². The van der Waals surface area contributed by atoms with Gasteiger partial charge in [-0.15, -0.1) is 0 Å². The number of carbonyl (C=O) groups excluding carboxylic acids is 1. The summed E-state index contributed by atoms with van der Waals surface area (Å²) in [6.45, 7) is 0. The van der Waals surface area contributed by atoms with Crippen molar-refractivity contribution in [1.82, 2.24) is 0 Å². The Labute approximate surface area is 143 Å². The highest BCUT2D eigenvalue weighted by atomic mass is 16.1. The number of carbonyl (C=O) groups is 1. The van der Waals surface area contributed by atoms with E-state index in [2.05, 4.69) is 42.5 Å². The first-order valence-electron chi connectivity index (χ1n) is 8.53. The number of hydrogen-bond acceptors (Lipinski definition) is 1. The van der Waals surface area contributed by atoms with Crippen molar-refractivity contribution in [2.45, 2.75) is 24.7 Å². The minimum absolute atomic E-state index is 0.0326. The van der Waals surface area contributed by atoms with Crippen molar-refractivity contribution in [2.75, 3.05) is 0 Å². The zero-order chi connectivity index (χ0) is 16.4. The maximum atomic E-state index is 13.3. The van der Waals surface area contributed by atoms with E-state index < -0.39 is 0 Å². The summed E-state index contributed by atoms with van der Waals surface area (Å²) < 4.78 is 0. The second-order valence-corrected chi connectivity index (χ2v) is 6.51. The minimum atomic E-state index is -0.0532. The van der Waals surface area contributed by atoms with Crippen LogP contribution in [0.4, 0.5) is 0 Å². The number of fused-ring (bicyclic) bond motifs is 1. The lowest BCUT2D eigenvalue weighted by atomic mass is 9.71. The van der Waals surface area contributed by atoms with E-state index in [-0.39, 0.29) is 11.8 Å². The quantitative estimate of drug-likeness (QED) is 0.671. The average Bonchev–Trinajstić information content (AvgIpc) is 2.65. The summed E-state index contributed by atoms with van der Waals surface area (Å²) >= 11 is 0. The molecule has 0 heterocycles. The van der Waals surface area contributed by atoms with Gasteiger partial charge in [-0.3, -0.25) is 4.79 Å². The topological polar surface area (TPSA) is 17.1 Å². The SMILES string of the molecule is O=C1C(c2ccccc2)Cc2ccccc2C1Cc1ccccc1. The molecule has 0 N–H and O–H groups in total. The normalized spacial score (nSPS) is 19.8. The molecule has 0 saturated heterocycles. The highest BCUT2D eigenvalue weighted by molar-refractivity contribution is 5.94. The molecule has 2 atom stereocenters. The molecule has 0 spiro atoms. The Morgan fingerprint density at radius 3 is 2.12 bits per heavy atom. The summed E-state index contributed by atoms with van der Waals surface area (Å²) in [7, 11) is 0. The van der Waals surface area contributed by atoms with Gasteiger partial charge in [-0.2, -0.15) is 0 Å². The van der Waals surface area contributed by atoms with Gasteiger partial charge in [0.1, 0.15) is 5.78 Å². The summed E-state index contributed by atoms with van der Waals surface area (Å²) in [5.74, 6) is 0.265. The number of Topliss-reactive ketones (excluding diaryl/α,β-unsaturated/α-hetero) is 1. The molecular formula is C23H20O. The molecule has 0 saturated carbocycles. The molecule has 1 nitrogen and oxygen atoms in total. The average molecular weight is 312 g/mol. The van der Waals surface area contributed by atoms with Crippen LogP contribution in [0.15, 0.2) is 84.9 Å². The fourth-order valence-corrected chi connectivity index (χ4v) is 3.80. The lowest BCUT2D eigenvalue weighted by molar-refractivity contribution is -0.122. The maximum absolute atomic E-state index is 13.3. The van der Waals surface area contributed by atoms with Crippen LogP contribution in [0, 0.1) is 0 Å². The largest absolute Gasteiger partial charge is 0.298 e. The fraction of sp³-hybridized carbons (Fsp3) is 0.174. The summed E-state index contributed by atoms with van der Waals surface area (Å²) in [6.07, 6.45) is 1.59. The summed E-state index contributed by atoms with van der Waals surface area (Å²) in [5, 5.41) is 0. The van der Waals surface area contributed by atoms with E-state index in [1.54, 1.807) is 0 Å². The Kier molecular flexibility index (Phi) is 4.00. The molecule has 3 aromatic carbocycles. The van der Waals surface area contributed by atoms with Gasteiger partial charge in [0.05, 0.1) is 0 Å². The van der Waals surface area contributed by atoms with Crippen LogP contribution < -0.4 is 0 Å². The van der Waals surface area contributed by atoms with Crippen LogP contribution in [0.5, 0.6) is 0 Å². The van der Waals surface area contributed by atoms with E-state index in [0.717, 1.165) is 18.4 Å². The van der Waals surface area contributed by atoms with E-state index in [1.807, 2.05) is 42.5 Å². The molecule has 0 amide bonds. The Bertz CT molecular complexity index is 836. The highest BCUT2D eigenvalue weighted by Gasteiger charge is 2.35. The summed E-state index contributed by atoms with van der Waals surface area (Å²) in [6, 6.07) is 29.0. The third kappa shape index (κ3) is 2.78. The monoisotopic (exact) mass is 312 g/mol. The van der Waals surface area contributed by atoms with Crippen LogP contribution in [-0.4, -0.2) is 5.78 Å². The third-order valence-electron chi connectivity index (χ3n) is 5.03.